The van der Waals surface area contributed by atoms with Crippen molar-refractivity contribution in [3.8, 4) is 0 Å². The van der Waals surface area contributed by atoms with Crippen LogP contribution in [0.1, 0.15) is 18.2 Å². The maximum absolute atomic E-state index is 9.15. The number of hydrogen-bond acceptors (Lipinski definition) is 4. The van der Waals surface area contributed by atoms with Gasteiger partial charge in [-0.3, -0.25) is 0 Å². The summed E-state index contributed by atoms with van der Waals surface area (Å²) in [5.41, 5.74) is 1.08. The topological polar surface area (TPSA) is 32.7 Å². The largest absolute Gasteiger partial charge is 0.392 e. The summed E-state index contributed by atoms with van der Waals surface area (Å²) < 4.78 is 5.35. The maximum Gasteiger partial charge on any atom is 0.0916 e. The van der Waals surface area contributed by atoms with Crippen molar-refractivity contribution in [2.75, 3.05) is 37.8 Å². The summed E-state index contributed by atoms with van der Waals surface area (Å²) in [6, 6.07) is 4.28. The van der Waals surface area contributed by atoms with Gasteiger partial charge in [0.2, 0.25) is 0 Å². The quantitative estimate of drug-likeness (QED) is 0.894. The highest BCUT2D eigenvalue weighted by Crippen LogP contribution is 2.28. The molecule has 1 fully saturated rings. The third kappa shape index (κ3) is 3.31. The maximum atomic E-state index is 9.15. The predicted molar refractivity (Wildman–Crippen MR) is 72.7 cm³/mol. The summed E-state index contributed by atoms with van der Waals surface area (Å²) in [6.45, 7) is 5.81. The van der Waals surface area contributed by atoms with Crippen molar-refractivity contribution < 1.29 is 9.84 Å². The molecule has 17 heavy (non-hydrogen) atoms. The molecule has 0 saturated carbocycles. The summed E-state index contributed by atoms with van der Waals surface area (Å²) in [4.78, 5) is 3.58. The fourth-order valence-corrected chi connectivity index (χ4v) is 2.89. The molecule has 3 nitrogen and oxygen atoms in total. The van der Waals surface area contributed by atoms with E-state index >= 15 is 0 Å². The van der Waals surface area contributed by atoms with E-state index in [1.807, 2.05) is 0 Å². The second-order valence-electron chi connectivity index (χ2n) is 4.09. The molecular formula is C13H19NO2S. The van der Waals surface area contributed by atoms with Gasteiger partial charge >= 0.3 is 0 Å². The number of nitrogens with zero attached hydrogens (tertiary/aromatic N) is 1. The van der Waals surface area contributed by atoms with E-state index in [4.69, 9.17) is 9.84 Å². The molecule has 2 heterocycles. The first-order valence-electron chi connectivity index (χ1n) is 6.06. The average Bonchev–Trinajstić information content (AvgIpc) is 2.85. The smallest absolute Gasteiger partial charge is 0.0916 e. The molecule has 1 N–H and O–H groups in total. The average molecular weight is 253 g/mol. The van der Waals surface area contributed by atoms with Gasteiger partial charge in [-0.1, -0.05) is 6.92 Å². The van der Waals surface area contributed by atoms with E-state index in [0.717, 1.165) is 38.3 Å². The van der Waals surface area contributed by atoms with Crippen LogP contribution in [0, 0.1) is 0 Å². The molecule has 0 aromatic carbocycles. The van der Waals surface area contributed by atoms with Gasteiger partial charge < -0.3 is 14.7 Å². The minimum atomic E-state index is 0.154. The summed E-state index contributed by atoms with van der Waals surface area (Å²) in [5.74, 6) is 0. The Kier molecular flexibility index (Phi) is 4.59. The van der Waals surface area contributed by atoms with Gasteiger partial charge in [-0.05, 0) is 30.2 Å². The molecule has 1 saturated heterocycles. The third-order valence-corrected chi connectivity index (χ3v) is 4.03. The number of morpholine rings is 1. The lowest BCUT2D eigenvalue weighted by Crippen LogP contribution is -2.35. The molecular weight excluding hydrogens is 234 g/mol. The minimum absolute atomic E-state index is 0.154. The van der Waals surface area contributed by atoms with Crippen molar-refractivity contribution in [3.63, 3.8) is 0 Å². The minimum Gasteiger partial charge on any atom is -0.392 e. The predicted octanol–water partition coefficient (Wildman–Crippen LogP) is 2.37. The van der Waals surface area contributed by atoms with Gasteiger partial charge in [-0.15, -0.1) is 11.3 Å². The second-order valence-corrected chi connectivity index (χ2v) is 5.18. The normalized spacial score (nSPS) is 17.5. The fraction of sp³-hybridized carbons (Fsp3) is 0.538. The fourth-order valence-electron chi connectivity index (χ4n) is 1.83. The number of rotatable bonds is 4. The molecule has 94 valence electrons. The van der Waals surface area contributed by atoms with Crippen LogP contribution in [0.5, 0.6) is 0 Å². The lowest BCUT2D eigenvalue weighted by Gasteiger charge is -2.27. The van der Waals surface area contributed by atoms with Crippen LogP contribution in [0.15, 0.2) is 17.7 Å². The lowest BCUT2D eigenvalue weighted by molar-refractivity contribution is 0.123. The van der Waals surface area contributed by atoms with Gasteiger partial charge in [-0.25, -0.2) is 0 Å². The number of aliphatic hydroxyl groups excluding tert-OH is 1. The molecule has 0 spiro atoms. The molecule has 0 bridgehead atoms. The first-order chi connectivity index (χ1) is 8.33. The van der Waals surface area contributed by atoms with E-state index in [0.29, 0.717) is 0 Å². The van der Waals surface area contributed by atoms with Crippen LogP contribution in [0.3, 0.4) is 0 Å². The van der Waals surface area contributed by atoms with Gasteiger partial charge in [-0.2, -0.15) is 0 Å². The second kappa shape index (κ2) is 6.19. The van der Waals surface area contributed by atoms with Crippen molar-refractivity contribution in [1.82, 2.24) is 0 Å². The first-order valence-corrected chi connectivity index (χ1v) is 6.88. The molecule has 1 aliphatic heterocycles. The van der Waals surface area contributed by atoms with Gasteiger partial charge in [0.05, 0.1) is 24.8 Å². The monoisotopic (exact) mass is 253 g/mol. The van der Waals surface area contributed by atoms with Crippen LogP contribution in [-0.2, 0) is 4.74 Å². The van der Waals surface area contributed by atoms with Gasteiger partial charge in [0.1, 0.15) is 0 Å². The van der Waals surface area contributed by atoms with Crippen LogP contribution < -0.4 is 4.90 Å². The number of ether oxygens (including phenoxy) is 1. The molecule has 1 aliphatic rings. The number of thiophene rings is 1. The Hall–Kier alpha value is -0.840. The van der Waals surface area contributed by atoms with Crippen molar-refractivity contribution in [2.24, 2.45) is 0 Å². The molecule has 1 aromatic heterocycles. The Balaban J connectivity index is 2.07. The van der Waals surface area contributed by atoms with Crippen LogP contribution >= 0.6 is 11.3 Å². The molecule has 0 amide bonds. The van der Waals surface area contributed by atoms with E-state index in [-0.39, 0.29) is 6.61 Å². The van der Waals surface area contributed by atoms with Crippen LogP contribution in [-0.4, -0.2) is 38.0 Å². The van der Waals surface area contributed by atoms with Crippen LogP contribution in [0.2, 0.25) is 0 Å². The van der Waals surface area contributed by atoms with E-state index < -0.39 is 0 Å². The third-order valence-electron chi connectivity index (χ3n) is 2.94. The van der Waals surface area contributed by atoms with Crippen molar-refractivity contribution in [2.45, 2.75) is 13.3 Å². The Bertz CT molecular complexity index is 375. The Labute approximate surface area is 106 Å². The van der Waals surface area contributed by atoms with E-state index in [9.17, 15) is 0 Å². The van der Waals surface area contributed by atoms with E-state index in [1.165, 1.54) is 9.88 Å². The van der Waals surface area contributed by atoms with Gasteiger partial charge in [0.15, 0.2) is 0 Å². The highest BCUT2D eigenvalue weighted by atomic mass is 32.1. The number of anilines is 1. The lowest BCUT2D eigenvalue weighted by atomic mass is 10.2. The standard InChI is InChI=1S/C13H19NO2S/c1-2-11(10-15)9-12-3-4-13(17-12)14-5-7-16-8-6-14/h3-4,9,15H,2,5-8,10H2,1H3. The van der Waals surface area contributed by atoms with E-state index in [1.54, 1.807) is 11.3 Å². The first kappa shape index (κ1) is 12.6. The van der Waals surface area contributed by atoms with Crippen LogP contribution in [0.25, 0.3) is 6.08 Å². The van der Waals surface area contributed by atoms with Crippen LogP contribution in [0.4, 0.5) is 5.00 Å². The molecule has 0 unspecified atom stereocenters. The van der Waals surface area contributed by atoms with Gasteiger partial charge in [0, 0.05) is 18.0 Å². The SMILES string of the molecule is CCC(=Cc1ccc(N2CCOCC2)s1)CO. The molecule has 2 rings (SSSR count). The Morgan fingerprint density at radius 1 is 1.47 bits per heavy atom. The van der Waals surface area contributed by atoms with Gasteiger partial charge in [0.25, 0.3) is 0 Å². The number of aliphatic hydroxyl groups is 1. The zero-order valence-electron chi connectivity index (χ0n) is 10.2. The van der Waals surface area contributed by atoms with Crippen molar-refractivity contribution in [1.29, 1.82) is 0 Å². The zero-order chi connectivity index (χ0) is 12.1. The highest BCUT2D eigenvalue weighted by molar-refractivity contribution is 7.16. The van der Waals surface area contributed by atoms with Crippen molar-refractivity contribution >= 4 is 22.4 Å². The number of hydrogen-bond donors (Lipinski definition) is 1. The molecule has 0 aliphatic carbocycles. The summed E-state index contributed by atoms with van der Waals surface area (Å²) in [6.07, 6.45) is 3.00. The van der Waals surface area contributed by atoms with E-state index in [2.05, 4.69) is 30.0 Å². The molecule has 0 radical (unpaired) electrons. The van der Waals surface area contributed by atoms with Crippen molar-refractivity contribution in [3.05, 3.63) is 22.6 Å². The Morgan fingerprint density at radius 2 is 2.24 bits per heavy atom. The summed E-state index contributed by atoms with van der Waals surface area (Å²) in [5, 5.41) is 10.5. The zero-order valence-corrected chi connectivity index (χ0v) is 11.0. The summed E-state index contributed by atoms with van der Waals surface area (Å²) in [7, 11) is 0. The molecule has 0 atom stereocenters. The highest BCUT2D eigenvalue weighted by Gasteiger charge is 2.12. The Morgan fingerprint density at radius 3 is 2.88 bits per heavy atom. The molecule has 4 heteroatoms. The molecule has 1 aromatic rings. The summed E-state index contributed by atoms with van der Waals surface area (Å²) >= 11 is 1.78.